The minimum Gasteiger partial charge on any atom is -0.364 e. The summed E-state index contributed by atoms with van der Waals surface area (Å²) in [4.78, 5) is 14.3. The number of likely N-dealkylation sites (N-methyl/N-ethyl adjacent to an activating group) is 1. The highest BCUT2D eigenvalue weighted by Gasteiger charge is 2.30. The van der Waals surface area contributed by atoms with Gasteiger partial charge in [0.2, 0.25) is 5.82 Å². The molecule has 1 saturated heterocycles. The summed E-state index contributed by atoms with van der Waals surface area (Å²) in [6.45, 7) is 1.41. The molecule has 1 unspecified atom stereocenters. The molecule has 0 aliphatic carbocycles. The van der Waals surface area contributed by atoms with Gasteiger partial charge in [-0.05, 0) is 32.6 Å². The number of nitrogens with zero attached hydrogens (tertiary/aromatic N) is 3. The molecule has 0 aromatic heterocycles. The Kier molecular flexibility index (Phi) is 3.47. The highest BCUT2D eigenvalue weighted by Crippen LogP contribution is 2.33. The normalized spacial score (nSPS) is 19.6. The molecule has 1 aliphatic rings. The van der Waals surface area contributed by atoms with E-state index in [1.807, 2.05) is 19.0 Å². The highest BCUT2D eigenvalue weighted by molar-refractivity contribution is 5.64. The van der Waals surface area contributed by atoms with Crippen LogP contribution in [-0.2, 0) is 0 Å². The minimum atomic E-state index is -0.772. The predicted molar refractivity (Wildman–Crippen MR) is 67.4 cm³/mol. The first kappa shape index (κ1) is 12.8. The molecule has 18 heavy (non-hydrogen) atoms. The van der Waals surface area contributed by atoms with E-state index < -0.39 is 16.4 Å². The molecular formula is C12H16FN3O2. The molecule has 1 fully saturated rings. The second kappa shape index (κ2) is 4.89. The fourth-order valence-corrected chi connectivity index (χ4v) is 2.32. The van der Waals surface area contributed by atoms with Gasteiger partial charge in [0.05, 0.1) is 4.92 Å². The lowest BCUT2D eigenvalue weighted by molar-refractivity contribution is -0.386. The van der Waals surface area contributed by atoms with Crippen LogP contribution < -0.4 is 4.90 Å². The van der Waals surface area contributed by atoms with Crippen molar-refractivity contribution in [3.63, 3.8) is 0 Å². The van der Waals surface area contributed by atoms with Gasteiger partial charge in [-0.25, -0.2) is 0 Å². The van der Waals surface area contributed by atoms with E-state index in [1.54, 1.807) is 6.07 Å². The van der Waals surface area contributed by atoms with Crippen LogP contribution in [-0.4, -0.2) is 43.0 Å². The number of nitro groups is 1. The third kappa shape index (κ3) is 2.28. The van der Waals surface area contributed by atoms with E-state index in [2.05, 4.69) is 4.90 Å². The highest BCUT2D eigenvalue weighted by atomic mass is 19.1. The lowest BCUT2D eigenvalue weighted by atomic mass is 10.2. The van der Waals surface area contributed by atoms with Crippen LogP contribution in [0.25, 0.3) is 0 Å². The third-order valence-electron chi connectivity index (χ3n) is 3.38. The van der Waals surface area contributed by atoms with E-state index in [9.17, 15) is 14.5 Å². The maximum atomic E-state index is 13.5. The van der Waals surface area contributed by atoms with Crippen molar-refractivity contribution in [1.29, 1.82) is 0 Å². The zero-order chi connectivity index (χ0) is 13.3. The van der Waals surface area contributed by atoms with Gasteiger partial charge in [-0.1, -0.05) is 6.07 Å². The quantitative estimate of drug-likeness (QED) is 0.609. The fraction of sp³-hybridized carbons (Fsp3) is 0.500. The van der Waals surface area contributed by atoms with E-state index in [1.165, 1.54) is 6.07 Å². The zero-order valence-electron chi connectivity index (χ0n) is 10.5. The van der Waals surface area contributed by atoms with Crippen molar-refractivity contribution < 1.29 is 9.31 Å². The van der Waals surface area contributed by atoms with E-state index >= 15 is 0 Å². The first-order valence-corrected chi connectivity index (χ1v) is 5.85. The fourth-order valence-electron chi connectivity index (χ4n) is 2.32. The summed E-state index contributed by atoms with van der Waals surface area (Å²) < 4.78 is 13.5. The van der Waals surface area contributed by atoms with Crippen LogP contribution in [0.4, 0.5) is 15.8 Å². The molecule has 1 heterocycles. The SMILES string of the molecule is CN(C)C1CCN(c2cccc(F)c2[N+](=O)[O-])C1. The lowest BCUT2D eigenvalue weighted by Crippen LogP contribution is -2.31. The van der Waals surface area contributed by atoms with Gasteiger partial charge in [0.1, 0.15) is 5.69 Å². The molecule has 2 rings (SSSR count). The average Bonchev–Trinajstić information content (AvgIpc) is 2.77. The van der Waals surface area contributed by atoms with Crippen molar-refractivity contribution in [2.24, 2.45) is 0 Å². The molecule has 6 heteroatoms. The topological polar surface area (TPSA) is 49.6 Å². The second-order valence-electron chi connectivity index (χ2n) is 4.72. The predicted octanol–water partition coefficient (Wildman–Crippen LogP) is 1.87. The summed E-state index contributed by atoms with van der Waals surface area (Å²) in [6.07, 6.45) is 0.931. The van der Waals surface area contributed by atoms with E-state index in [0.29, 0.717) is 24.8 Å². The van der Waals surface area contributed by atoms with Crippen LogP contribution in [0.2, 0.25) is 0 Å². The summed E-state index contributed by atoms with van der Waals surface area (Å²) in [5.74, 6) is -0.772. The Morgan fingerprint density at radius 3 is 2.78 bits per heavy atom. The monoisotopic (exact) mass is 253 g/mol. The smallest absolute Gasteiger partial charge is 0.327 e. The Bertz CT molecular complexity index is 465. The zero-order valence-corrected chi connectivity index (χ0v) is 10.5. The van der Waals surface area contributed by atoms with Gasteiger partial charge in [0.25, 0.3) is 0 Å². The summed E-state index contributed by atoms with van der Waals surface area (Å²) in [6, 6.07) is 4.61. The molecule has 0 radical (unpaired) electrons. The number of benzene rings is 1. The Labute approximate surface area is 105 Å². The first-order chi connectivity index (χ1) is 8.50. The molecule has 0 spiro atoms. The Morgan fingerprint density at radius 1 is 1.50 bits per heavy atom. The van der Waals surface area contributed by atoms with E-state index in [0.717, 1.165) is 12.5 Å². The van der Waals surface area contributed by atoms with Crippen molar-refractivity contribution >= 4 is 11.4 Å². The molecule has 5 nitrogen and oxygen atoms in total. The Morgan fingerprint density at radius 2 is 2.22 bits per heavy atom. The Hall–Kier alpha value is -1.69. The van der Waals surface area contributed by atoms with Crippen molar-refractivity contribution in [2.45, 2.75) is 12.5 Å². The number of nitro benzene ring substituents is 1. The van der Waals surface area contributed by atoms with Crippen LogP contribution >= 0.6 is 0 Å². The summed E-state index contributed by atoms with van der Waals surface area (Å²) >= 11 is 0. The molecule has 0 saturated carbocycles. The van der Waals surface area contributed by atoms with Crippen molar-refractivity contribution in [3.8, 4) is 0 Å². The van der Waals surface area contributed by atoms with Crippen molar-refractivity contribution in [2.75, 3.05) is 32.1 Å². The van der Waals surface area contributed by atoms with Crippen LogP contribution in [0.1, 0.15) is 6.42 Å². The van der Waals surface area contributed by atoms with Gasteiger partial charge < -0.3 is 9.80 Å². The maximum absolute atomic E-state index is 13.5. The van der Waals surface area contributed by atoms with Crippen molar-refractivity contribution in [1.82, 2.24) is 4.90 Å². The molecule has 1 aromatic rings. The number of para-hydroxylation sites is 1. The summed E-state index contributed by atoms with van der Waals surface area (Å²) in [7, 11) is 3.96. The molecule has 1 aromatic carbocycles. The van der Waals surface area contributed by atoms with Gasteiger partial charge in [0.15, 0.2) is 0 Å². The largest absolute Gasteiger partial charge is 0.364 e. The number of anilines is 1. The van der Waals surface area contributed by atoms with Crippen LogP contribution in [0.5, 0.6) is 0 Å². The molecule has 1 aliphatic heterocycles. The lowest BCUT2D eigenvalue weighted by Gasteiger charge is -2.21. The summed E-state index contributed by atoms with van der Waals surface area (Å²) in [5.41, 5.74) is -0.0405. The average molecular weight is 253 g/mol. The molecule has 1 atom stereocenters. The standard InChI is InChI=1S/C12H16FN3O2/c1-14(2)9-6-7-15(8-9)11-5-3-4-10(13)12(11)16(17)18/h3-5,9H,6-8H2,1-2H3. The number of hydrogen-bond acceptors (Lipinski definition) is 4. The summed E-state index contributed by atoms with van der Waals surface area (Å²) in [5, 5.41) is 10.9. The van der Waals surface area contributed by atoms with E-state index in [4.69, 9.17) is 0 Å². The molecular weight excluding hydrogens is 237 g/mol. The molecule has 0 N–H and O–H groups in total. The molecule has 0 bridgehead atoms. The Balaban J connectivity index is 2.30. The second-order valence-corrected chi connectivity index (χ2v) is 4.72. The van der Waals surface area contributed by atoms with Gasteiger partial charge in [-0.15, -0.1) is 0 Å². The van der Waals surface area contributed by atoms with Crippen LogP contribution in [0.3, 0.4) is 0 Å². The first-order valence-electron chi connectivity index (χ1n) is 5.85. The van der Waals surface area contributed by atoms with Crippen LogP contribution in [0.15, 0.2) is 18.2 Å². The number of halogens is 1. The van der Waals surface area contributed by atoms with Gasteiger partial charge in [-0.2, -0.15) is 4.39 Å². The number of hydrogen-bond donors (Lipinski definition) is 0. The maximum Gasteiger partial charge on any atom is 0.327 e. The van der Waals surface area contributed by atoms with Gasteiger partial charge in [0, 0.05) is 19.1 Å². The third-order valence-corrected chi connectivity index (χ3v) is 3.38. The molecule has 0 amide bonds. The van der Waals surface area contributed by atoms with Crippen molar-refractivity contribution in [3.05, 3.63) is 34.1 Å². The van der Waals surface area contributed by atoms with Gasteiger partial charge in [-0.3, -0.25) is 10.1 Å². The molecule has 98 valence electrons. The van der Waals surface area contributed by atoms with Crippen LogP contribution in [0, 0.1) is 15.9 Å². The van der Waals surface area contributed by atoms with Gasteiger partial charge >= 0.3 is 5.69 Å². The number of rotatable bonds is 3. The van der Waals surface area contributed by atoms with E-state index in [-0.39, 0.29) is 0 Å². The minimum absolute atomic E-state index is 0.355.